The van der Waals surface area contributed by atoms with Crippen molar-refractivity contribution >= 4 is 5.91 Å². The van der Waals surface area contributed by atoms with Gasteiger partial charge in [-0.25, -0.2) is 0 Å². The molecular formula is C14H19NO. The van der Waals surface area contributed by atoms with Crippen LogP contribution >= 0.6 is 0 Å². The maximum absolute atomic E-state index is 12.0. The molecule has 16 heavy (non-hydrogen) atoms. The normalized spacial score (nSPS) is 16.9. The summed E-state index contributed by atoms with van der Waals surface area (Å²) in [6.07, 6.45) is 2.52. The third-order valence-corrected chi connectivity index (χ3v) is 3.33. The number of hydrogen-bond acceptors (Lipinski definition) is 1. The molecule has 1 N–H and O–H groups in total. The van der Waals surface area contributed by atoms with E-state index >= 15 is 0 Å². The van der Waals surface area contributed by atoms with Crippen molar-refractivity contribution in [3.63, 3.8) is 0 Å². The van der Waals surface area contributed by atoms with Gasteiger partial charge in [0.25, 0.3) is 5.91 Å². The van der Waals surface area contributed by atoms with E-state index in [9.17, 15) is 4.79 Å². The van der Waals surface area contributed by atoms with Crippen LogP contribution in [0, 0.1) is 19.8 Å². The summed E-state index contributed by atoms with van der Waals surface area (Å²) in [5.41, 5.74) is 2.99. The lowest BCUT2D eigenvalue weighted by molar-refractivity contribution is 0.0935. The Labute approximate surface area is 97.1 Å². The minimum atomic E-state index is 0.0700. The number of carbonyl (C=O) groups is 1. The fourth-order valence-corrected chi connectivity index (χ4v) is 1.98. The van der Waals surface area contributed by atoms with Gasteiger partial charge in [0, 0.05) is 11.6 Å². The SMILES string of the molecule is Cc1ccc(C)c(C(=O)NC(C)C2CC2)c1. The van der Waals surface area contributed by atoms with Gasteiger partial charge in [0.1, 0.15) is 0 Å². The summed E-state index contributed by atoms with van der Waals surface area (Å²) in [5, 5.41) is 3.09. The van der Waals surface area contributed by atoms with Crippen LogP contribution in [0.4, 0.5) is 0 Å². The maximum atomic E-state index is 12.0. The van der Waals surface area contributed by atoms with Gasteiger partial charge < -0.3 is 5.32 Å². The highest BCUT2D eigenvalue weighted by molar-refractivity contribution is 5.96. The monoisotopic (exact) mass is 217 g/mol. The summed E-state index contributed by atoms with van der Waals surface area (Å²) in [5.74, 6) is 0.773. The first kappa shape index (κ1) is 11.2. The lowest BCUT2D eigenvalue weighted by Gasteiger charge is -2.14. The largest absolute Gasteiger partial charge is 0.349 e. The van der Waals surface area contributed by atoms with E-state index < -0.39 is 0 Å². The molecule has 1 atom stereocenters. The molecule has 86 valence electrons. The van der Waals surface area contributed by atoms with E-state index in [1.54, 1.807) is 0 Å². The summed E-state index contributed by atoms with van der Waals surface area (Å²) in [7, 11) is 0. The van der Waals surface area contributed by atoms with Gasteiger partial charge in [-0.05, 0) is 51.2 Å². The average Bonchev–Trinajstić information content (AvgIpc) is 3.04. The highest BCUT2D eigenvalue weighted by Crippen LogP contribution is 2.32. The average molecular weight is 217 g/mol. The molecule has 1 aliphatic carbocycles. The van der Waals surface area contributed by atoms with Crippen LogP contribution in [-0.4, -0.2) is 11.9 Å². The smallest absolute Gasteiger partial charge is 0.251 e. The molecule has 1 fully saturated rings. The molecule has 0 aliphatic heterocycles. The van der Waals surface area contributed by atoms with Crippen LogP contribution in [0.25, 0.3) is 0 Å². The molecule has 1 unspecified atom stereocenters. The first-order chi connectivity index (χ1) is 7.58. The number of hydrogen-bond donors (Lipinski definition) is 1. The lowest BCUT2D eigenvalue weighted by Crippen LogP contribution is -2.34. The number of rotatable bonds is 3. The fraction of sp³-hybridized carbons (Fsp3) is 0.500. The topological polar surface area (TPSA) is 29.1 Å². The zero-order valence-corrected chi connectivity index (χ0v) is 10.2. The zero-order chi connectivity index (χ0) is 11.7. The molecule has 1 amide bonds. The molecule has 2 heteroatoms. The van der Waals surface area contributed by atoms with Gasteiger partial charge in [-0.3, -0.25) is 4.79 Å². The Morgan fingerprint density at radius 3 is 2.69 bits per heavy atom. The third kappa shape index (κ3) is 2.43. The van der Waals surface area contributed by atoms with Gasteiger partial charge in [0.15, 0.2) is 0 Å². The van der Waals surface area contributed by atoms with Crippen LogP contribution in [0.3, 0.4) is 0 Å². The van der Waals surface area contributed by atoms with Crippen LogP contribution in [0.1, 0.15) is 41.3 Å². The minimum absolute atomic E-state index is 0.0700. The number of nitrogens with one attached hydrogen (secondary N) is 1. The predicted molar refractivity (Wildman–Crippen MR) is 65.6 cm³/mol. The molecule has 1 aliphatic rings. The quantitative estimate of drug-likeness (QED) is 0.828. The molecule has 2 rings (SSSR count). The molecule has 0 radical (unpaired) electrons. The molecule has 0 spiro atoms. The first-order valence-corrected chi connectivity index (χ1v) is 5.96. The number of aryl methyl sites for hydroxylation is 2. The molecule has 1 saturated carbocycles. The predicted octanol–water partition coefficient (Wildman–Crippen LogP) is 2.83. The first-order valence-electron chi connectivity index (χ1n) is 5.96. The van der Waals surface area contributed by atoms with E-state index in [4.69, 9.17) is 0 Å². The second kappa shape index (κ2) is 4.28. The molecule has 1 aromatic carbocycles. The highest BCUT2D eigenvalue weighted by atomic mass is 16.1. The Morgan fingerprint density at radius 1 is 1.38 bits per heavy atom. The fourth-order valence-electron chi connectivity index (χ4n) is 1.98. The van der Waals surface area contributed by atoms with Crippen molar-refractivity contribution in [2.45, 2.75) is 39.7 Å². The number of benzene rings is 1. The van der Waals surface area contributed by atoms with Crippen molar-refractivity contribution in [2.75, 3.05) is 0 Å². The van der Waals surface area contributed by atoms with Gasteiger partial charge >= 0.3 is 0 Å². The van der Waals surface area contributed by atoms with Gasteiger partial charge in [-0.15, -0.1) is 0 Å². The summed E-state index contributed by atoms with van der Waals surface area (Å²) in [4.78, 5) is 12.0. The minimum Gasteiger partial charge on any atom is -0.349 e. The standard InChI is InChI=1S/C14H19NO/c1-9-4-5-10(2)13(8-9)14(16)15-11(3)12-6-7-12/h4-5,8,11-12H,6-7H2,1-3H3,(H,15,16). The Kier molecular flexibility index (Phi) is 2.99. The van der Waals surface area contributed by atoms with E-state index in [-0.39, 0.29) is 5.91 Å². The Morgan fingerprint density at radius 2 is 2.06 bits per heavy atom. The van der Waals surface area contributed by atoms with Crippen LogP contribution in [-0.2, 0) is 0 Å². The molecule has 0 bridgehead atoms. The van der Waals surface area contributed by atoms with Crippen molar-refractivity contribution in [1.82, 2.24) is 5.32 Å². The Hall–Kier alpha value is -1.31. The van der Waals surface area contributed by atoms with Crippen LogP contribution in [0.2, 0.25) is 0 Å². The maximum Gasteiger partial charge on any atom is 0.251 e. The molecule has 0 saturated heterocycles. The zero-order valence-electron chi connectivity index (χ0n) is 10.2. The summed E-state index contributed by atoms with van der Waals surface area (Å²) < 4.78 is 0. The highest BCUT2D eigenvalue weighted by Gasteiger charge is 2.29. The molecule has 2 nitrogen and oxygen atoms in total. The number of carbonyl (C=O) groups excluding carboxylic acids is 1. The van der Waals surface area contributed by atoms with E-state index in [1.165, 1.54) is 12.8 Å². The Bertz CT molecular complexity index is 407. The molecular weight excluding hydrogens is 198 g/mol. The van der Waals surface area contributed by atoms with Crippen molar-refractivity contribution in [3.8, 4) is 0 Å². The van der Waals surface area contributed by atoms with Crippen LogP contribution < -0.4 is 5.32 Å². The molecule has 0 aromatic heterocycles. The summed E-state index contributed by atoms with van der Waals surface area (Å²) >= 11 is 0. The van der Waals surface area contributed by atoms with Gasteiger partial charge in [0.05, 0.1) is 0 Å². The van der Waals surface area contributed by atoms with E-state index in [2.05, 4.69) is 12.2 Å². The van der Waals surface area contributed by atoms with Gasteiger partial charge in [-0.1, -0.05) is 17.7 Å². The molecule has 1 aromatic rings. The molecule has 0 heterocycles. The van der Waals surface area contributed by atoms with Crippen molar-refractivity contribution < 1.29 is 4.79 Å². The van der Waals surface area contributed by atoms with Crippen LogP contribution in [0.15, 0.2) is 18.2 Å². The Balaban J connectivity index is 2.10. The number of amides is 1. The van der Waals surface area contributed by atoms with Crippen molar-refractivity contribution in [1.29, 1.82) is 0 Å². The van der Waals surface area contributed by atoms with Crippen molar-refractivity contribution in [3.05, 3.63) is 34.9 Å². The summed E-state index contributed by atoms with van der Waals surface area (Å²) in [6.45, 7) is 6.09. The van der Waals surface area contributed by atoms with Crippen LogP contribution in [0.5, 0.6) is 0 Å². The van der Waals surface area contributed by atoms with E-state index in [1.807, 2.05) is 32.0 Å². The second-order valence-electron chi connectivity index (χ2n) is 4.92. The van der Waals surface area contributed by atoms with E-state index in [0.717, 1.165) is 16.7 Å². The van der Waals surface area contributed by atoms with Crippen molar-refractivity contribution in [2.24, 2.45) is 5.92 Å². The van der Waals surface area contributed by atoms with Gasteiger partial charge in [-0.2, -0.15) is 0 Å². The third-order valence-electron chi connectivity index (χ3n) is 3.33. The summed E-state index contributed by atoms with van der Waals surface area (Å²) in [6, 6.07) is 6.32. The van der Waals surface area contributed by atoms with Gasteiger partial charge in [0.2, 0.25) is 0 Å². The second-order valence-corrected chi connectivity index (χ2v) is 4.92. The van der Waals surface area contributed by atoms with E-state index in [0.29, 0.717) is 12.0 Å². The lowest BCUT2D eigenvalue weighted by atomic mass is 10.0.